The number of halogens is 2. The van der Waals surface area contributed by atoms with Crippen LogP contribution >= 0.6 is 11.6 Å². The second-order valence-corrected chi connectivity index (χ2v) is 7.67. The average Bonchev–Trinajstić information content (AvgIpc) is 2.70. The van der Waals surface area contributed by atoms with E-state index in [-0.39, 0.29) is 17.2 Å². The monoisotopic (exact) mass is 438 g/mol. The van der Waals surface area contributed by atoms with Crippen molar-refractivity contribution < 1.29 is 23.4 Å². The molecule has 1 atom stereocenters. The minimum atomic E-state index is -0.474. The van der Waals surface area contributed by atoms with Crippen LogP contribution in [-0.2, 0) is 17.9 Å². The molecule has 8 heteroatoms. The Labute approximate surface area is 181 Å². The molecule has 0 fully saturated rings. The van der Waals surface area contributed by atoms with E-state index in [0.717, 1.165) is 0 Å². The Kier molecular flexibility index (Phi) is 8.74. The number of carbonyl (C=O) groups is 1. The number of ether oxygens (including phenoxy) is 3. The third kappa shape index (κ3) is 6.24. The van der Waals surface area contributed by atoms with Gasteiger partial charge in [-0.1, -0.05) is 31.5 Å². The molecule has 30 heavy (non-hydrogen) atoms. The van der Waals surface area contributed by atoms with Crippen LogP contribution in [0.2, 0.25) is 5.02 Å². The molecular weight excluding hydrogens is 411 g/mol. The summed E-state index contributed by atoms with van der Waals surface area (Å²) >= 11 is 6.05. The Balaban J connectivity index is 2.21. The van der Waals surface area contributed by atoms with E-state index in [9.17, 15) is 9.18 Å². The van der Waals surface area contributed by atoms with Gasteiger partial charge in [0.1, 0.15) is 29.7 Å². The van der Waals surface area contributed by atoms with Crippen molar-refractivity contribution in [2.75, 3.05) is 14.2 Å². The molecule has 0 saturated carbocycles. The Morgan fingerprint density at radius 2 is 1.80 bits per heavy atom. The van der Waals surface area contributed by atoms with E-state index in [1.165, 1.54) is 26.4 Å². The predicted molar refractivity (Wildman–Crippen MR) is 115 cm³/mol. The highest BCUT2D eigenvalue weighted by atomic mass is 35.5. The highest BCUT2D eigenvalue weighted by molar-refractivity contribution is 6.31. The molecule has 0 aromatic heterocycles. The van der Waals surface area contributed by atoms with Gasteiger partial charge >= 0.3 is 0 Å². The van der Waals surface area contributed by atoms with E-state index >= 15 is 0 Å². The van der Waals surface area contributed by atoms with Crippen LogP contribution in [0.15, 0.2) is 30.3 Å². The number of methoxy groups -OCH3 is 2. The van der Waals surface area contributed by atoms with Crippen LogP contribution in [0.3, 0.4) is 0 Å². The number of hydrogen-bond acceptors (Lipinski definition) is 5. The van der Waals surface area contributed by atoms with Gasteiger partial charge in [-0.15, -0.1) is 0 Å². The molecule has 0 aliphatic heterocycles. The van der Waals surface area contributed by atoms with Crippen molar-refractivity contribution in [2.24, 2.45) is 11.7 Å². The van der Waals surface area contributed by atoms with Gasteiger partial charge in [0.2, 0.25) is 5.91 Å². The molecule has 0 saturated heterocycles. The summed E-state index contributed by atoms with van der Waals surface area (Å²) in [5.41, 5.74) is 6.49. The van der Waals surface area contributed by atoms with E-state index in [2.05, 4.69) is 5.32 Å². The van der Waals surface area contributed by atoms with Crippen LogP contribution in [0, 0.1) is 11.7 Å². The highest BCUT2D eigenvalue weighted by Gasteiger charge is 2.20. The summed E-state index contributed by atoms with van der Waals surface area (Å²) in [6, 6.07) is 7.34. The first-order valence-electron chi connectivity index (χ1n) is 9.60. The van der Waals surface area contributed by atoms with Gasteiger partial charge in [0, 0.05) is 24.2 Å². The number of primary amides is 1. The smallest absolute Gasteiger partial charge is 0.234 e. The summed E-state index contributed by atoms with van der Waals surface area (Å²) in [4.78, 5) is 11.7. The predicted octanol–water partition coefficient (Wildman–Crippen LogP) is 4.06. The summed E-state index contributed by atoms with van der Waals surface area (Å²) in [7, 11) is 3.05. The maximum atomic E-state index is 14.0. The summed E-state index contributed by atoms with van der Waals surface area (Å²) in [6.07, 6.45) is 0.616. The van der Waals surface area contributed by atoms with Crippen molar-refractivity contribution in [1.29, 1.82) is 0 Å². The summed E-state index contributed by atoms with van der Waals surface area (Å²) in [5, 5.41) is 3.46. The van der Waals surface area contributed by atoms with Gasteiger partial charge in [-0.3, -0.25) is 4.79 Å². The number of amides is 1. The summed E-state index contributed by atoms with van der Waals surface area (Å²) in [5.74, 6) is 0.891. The summed E-state index contributed by atoms with van der Waals surface area (Å²) < 4.78 is 30.7. The van der Waals surface area contributed by atoms with Gasteiger partial charge in [0.25, 0.3) is 0 Å². The maximum Gasteiger partial charge on any atom is 0.234 e. The fourth-order valence-electron chi connectivity index (χ4n) is 3.04. The fraction of sp³-hybridized carbons (Fsp3) is 0.409. The molecule has 1 amide bonds. The van der Waals surface area contributed by atoms with Crippen molar-refractivity contribution in [2.45, 2.75) is 39.5 Å². The van der Waals surface area contributed by atoms with Gasteiger partial charge in [-0.05, 0) is 24.5 Å². The molecule has 164 valence electrons. The zero-order chi connectivity index (χ0) is 22.3. The minimum Gasteiger partial charge on any atom is -0.496 e. The molecule has 2 rings (SSSR count). The topological polar surface area (TPSA) is 82.8 Å². The molecule has 1 unspecified atom stereocenters. The molecule has 0 aliphatic carbocycles. The number of nitrogens with two attached hydrogens (primary N) is 1. The molecular formula is C22H28ClFN2O4. The van der Waals surface area contributed by atoms with Crippen molar-refractivity contribution in [3.05, 3.63) is 52.3 Å². The molecule has 0 spiro atoms. The first-order valence-corrected chi connectivity index (χ1v) is 9.97. The van der Waals surface area contributed by atoms with Gasteiger partial charge in [0.05, 0.1) is 30.8 Å². The molecule has 0 bridgehead atoms. The number of carbonyl (C=O) groups excluding carboxylic acids is 1. The highest BCUT2D eigenvalue weighted by Crippen LogP contribution is 2.35. The van der Waals surface area contributed by atoms with Crippen molar-refractivity contribution in [3.63, 3.8) is 0 Å². The number of hydrogen-bond donors (Lipinski definition) is 2. The van der Waals surface area contributed by atoms with Crippen molar-refractivity contribution in [1.82, 2.24) is 5.32 Å². The first-order chi connectivity index (χ1) is 14.3. The van der Waals surface area contributed by atoms with E-state index in [1.54, 1.807) is 18.2 Å². The second-order valence-electron chi connectivity index (χ2n) is 7.26. The lowest BCUT2D eigenvalue weighted by molar-refractivity contribution is -0.120. The normalized spacial score (nSPS) is 12.0. The molecule has 6 nitrogen and oxygen atoms in total. The Bertz CT molecular complexity index is 831. The van der Waals surface area contributed by atoms with Gasteiger partial charge in [-0.2, -0.15) is 0 Å². The van der Waals surface area contributed by atoms with E-state index < -0.39 is 17.8 Å². The lowest BCUT2D eigenvalue weighted by Crippen LogP contribution is -2.41. The van der Waals surface area contributed by atoms with Crippen LogP contribution in [0.5, 0.6) is 17.2 Å². The van der Waals surface area contributed by atoms with Gasteiger partial charge < -0.3 is 25.3 Å². The first kappa shape index (κ1) is 23.8. The largest absolute Gasteiger partial charge is 0.496 e. The molecule has 0 heterocycles. The fourth-order valence-corrected chi connectivity index (χ4v) is 3.26. The van der Waals surface area contributed by atoms with E-state index in [1.807, 2.05) is 13.8 Å². The molecule has 3 N–H and O–H groups in total. The van der Waals surface area contributed by atoms with E-state index in [4.69, 9.17) is 31.5 Å². The quantitative estimate of drug-likeness (QED) is 0.552. The Morgan fingerprint density at radius 1 is 1.17 bits per heavy atom. The molecule has 0 aliphatic rings. The Hall–Kier alpha value is -2.51. The van der Waals surface area contributed by atoms with Crippen LogP contribution in [0.4, 0.5) is 4.39 Å². The lowest BCUT2D eigenvalue weighted by atomic mass is 10.0. The molecule has 0 radical (unpaired) electrons. The van der Waals surface area contributed by atoms with Crippen molar-refractivity contribution in [3.8, 4) is 17.2 Å². The Morgan fingerprint density at radius 3 is 2.30 bits per heavy atom. The van der Waals surface area contributed by atoms with E-state index in [0.29, 0.717) is 41.7 Å². The zero-order valence-corrected chi connectivity index (χ0v) is 18.4. The average molecular weight is 439 g/mol. The molecule has 2 aromatic carbocycles. The minimum absolute atomic E-state index is 0.0481. The third-order valence-electron chi connectivity index (χ3n) is 4.60. The number of rotatable bonds is 11. The van der Waals surface area contributed by atoms with Crippen LogP contribution in [0.1, 0.15) is 31.4 Å². The zero-order valence-electron chi connectivity index (χ0n) is 17.6. The van der Waals surface area contributed by atoms with Gasteiger partial charge in [-0.25, -0.2) is 4.39 Å². The third-order valence-corrected chi connectivity index (χ3v) is 4.96. The van der Waals surface area contributed by atoms with Crippen LogP contribution in [0.25, 0.3) is 0 Å². The van der Waals surface area contributed by atoms with Gasteiger partial charge in [0.15, 0.2) is 0 Å². The number of nitrogens with one attached hydrogen (secondary N) is 1. The van der Waals surface area contributed by atoms with Crippen LogP contribution in [-0.4, -0.2) is 26.2 Å². The van der Waals surface area contributed by atoms with Crippen molar-refractivity contribution >= 4 is 17.5 Å². The standard InChI is InChI=1S/C22H28ClFN2O4/c1-13(2)8-19(22(25)27)26-11-15-20(28-3)9-14(10-21(15)29-4)30-12-16-17(23)6-5-7-18(16)24/h5-7,9-10,13,19,26H,8,11-12H2,1-4H3,(H2,25,27). The second kappa shape index (κ2) is 11.0. The number of benzene rings is 2. The SMILES string of the molecule is COc1cc(OCc2c(F)cccc2Cl)cc(OC)c1CNC(CC(C)C)C(N)=O. The summed E-state index contributed by atoms with van der Waals surface area (Å²) in [6.45, 7) is 4.30. The lowest BCUT2D eigenvalue weighted by Gasteiger charge is -2.20. The molecule has 2 aromatic rings. The van der Waals surface area contributed by atoms with Crippen LogP contribution < -0.4 is 25.3 Å². The maximum absolute atomic E-state index is 14.0.